The number of anilines is 1. The smallest absolute Gasteiger partial charge is 0.328 e. The van der Waals surface area contributed by atoms with Crippen molar-refractivity contribution in [1.82, 2.24) is 0 Å². The first-order valence-corrected chi connectivity index (χ1v) is 6.56. The molecule has 1 aromatic rings. The first kappa shape index (κ1) is 12.9. The summed E-state index contributed by atoms with van der Waals surface area (Å²) in [5.41, 5.74) is 2.29. The van der Waals surface area contributed by atoms with Crippen molar-refractivity contribution in [2.45, 2.75) is 38.6 Å². The van der Waals surface area contributed by atoms with E-state index in [1.165, 1.54) is 12.7 Å². The van der Waals surface area contributed by atoms with Crippen LogP contribution in [-0.2, 0) is 9.53 Å². The third-order valence-corrected chi connectivity index (χ3v) is 3.44. The fourth-order valence-electron chi connectivity index (χ4n) is 2.23. The van der Waals surface area contributed by atoms with Crippen molar-refractivity contribution < 1.29 is 9.53 Å². The highest BCUT2D eigenvalue weighted by atomic mass is 16.5. The van der Waals surface area contributed by atoms with Gasteiger partial charge in [-0.2, -0.15) is 0 Å². The molecule has 0 amide bonds. The molecule has 0 heterocycles. The van der Waals surface area contributed by atoms with Gasteiger partial charge in [-0.15, -0.1) is 0 Å². The Morgan fingerprint density at radius 2 is 2.00 bits per heavy atom. The van der Waals surface area contributed by atoms with E-state index < -0.39 is 0 Å². The fourth-order valence-corrected chi connectivity index (χ4v) is 2.23. The number of carbonyl (C=O) groups is 1. The number of hydrogen-bond acceptors (Lipinski definition) is 3. The van der Waals surface area contributed by atoms with Gasteiger partial charge < -0.3 is 10.1 Å². The zero-order valence-corrected chi connectivity index (χ0v) is 11.3. The van der Waals surface area contributed by atoms with Crippen LogP contribution in [0.3, 0.4) is 0 Å². The summed E-state index contributed by atoms with van der Waals surface area (Å²) in [6.07, 6.45) is 2.22. The quantitative estimate of drug-likeness (QED) is 0.812. The van der Waals surface area contributed by atoms with E-state index in [1.807, 2.05) is 18.2 Å². The molecule has 2 rings (SSSR count). The van der Waals surface area contributed by atoms with Gasteiger partial charge in [-0.1, -0.05) is 32.0 Å². The molecule has 1 atom stereocenters. The van der Waals surface area contributed by atoms with Crippen LogP contribution >= 0.6 is 0 Å². The second-order valence-corrected chi connectivity index (χ2v) is 5.22. The Morgan fingerprint density at radius 1 is 1.33 bits per heavy atom. The van der Waals surface area contributed by atoms with E-state index in [2.05, 4.69) is 25.2 Å². The van der Waals surface area contributed by atoms with Crippen LogP contribution in [0.2, 0.25) is 0 Å². The monoisotopic (exact) mass is 247 g/mol. The predicted molar refractivity (Wildman–Crippen MR) is 72.7 cm³/mol. The van der Waals surface area contributed by atoms with Gasteiger partial charge in [0, 0.05) is 5.69 Å². The molecule has 1 aromatic carbocycles. The van der Waals surface area contributed by atoms with Crippen LogP contribution in [0, 0.1) is 5.92 Å². The van der Waals surface area contributed by atoms with E-state index in [4.69, 9.17) is 4.74 Å². The Morgan fingerprint density at radius 3 is 2.56 bits per heavy atom. The summed E-state index contributed by atoms with van der Waals surface area (Å²) in [6.45, 7) is 4.32. The van der Waals surface area contributed by atoms with Crippen molar-refractivity contribution in [2.24, 2.45) is 5.92 Å². The van der Waals surface area contributed by atoms with Crippen LogP contribution in [0.25, 0.3) is 0 Å². The summed E-state index contributed by atoms with van der Waals surface area (Å²) in [4.78, 5) is 11.8. The zero-order valence-electron chi connectivity index (χ0n) is 11.3. The summed E-state index contributed by atoms with van der Waals surface area (Å²) in [7, 11) is 1.45. The molecule has 0 bridgehead atoms. The van der Waals surface area contributed by atoms with Crippen LogP contribution < -0.4 is 5.32 Å². The largest absolute Gasteiger partial charge is 0.467 e. The van der Waals surface area contributed by atoms with Crippen molar-refractivity contribution >= 4 is 11.7 Å². The zero-order chi connectivity index (χ0) is 13.1. The standard InChI is InChI=1S/C15H21NO2/c1-10(2)12-6-4-5-7-13(12)16-14(11-8-9-11)15(17)18-3/h4-7,10-11,14,16H,8-9H2,1-3H3. The average molecular weight is 247 g/mol. The number of methoxy groups -OCH3 is 1. The highest BCUT2D eigenvalue weighted by Crippen LogP contribution is 2.36. The number of esters is 1. The van der Waals surface area contributed by atoms with Crippen LogP contribution in [0.4, 0.5) is 5.69 Å². The van der Waals surface area contributed by atoms with Gasteiger partial charge in [0.25, 0.3) is 0 Å². The Balaban J connectivity index is 2.18. The lowest BCUT2D eigenvalue weighted by Crippen LogP contribution is -2.33. The molecule has 98 valence electrons. The maximum Gasteiger partial charge on any atom is 0.328 e. The van der Waals surface area contributed by atoms with E-state index in [9.17, 15) is 4.79 Å². The number of para-hydroxylation sites is 1. The number of nitrogens with one attached hydrogen (secondary N) is 1. The molecule has 18 heavy (non-hydrogen) atoms. The molecule has 1 aliphatic rings. The van der Waals surface area contributed by atoms with Crippen LogP contribution in [0.15, 0.2) is 24.3 Å². The third-order valence-electron chi connectivity index (χ3n) is 3.44. The van der Waals surface area contributed by atoms with E-state index in [1.54, 1.807) is 0 Å². The molecule has 3 nitrogen and oxygen atoms in total. The van der Waals surface area contributed by atoms with Crippen molar-refractivity contribution in [3.8, 4) is 0 Å². The minimum absolute atomic E-state index is 0.156. The average Bonchev–Trinajstić information content (AvgIpc) is 3.19. The van der Waals surface area contributed by atoms with Crippen LogP contribution in [-0.4, -0.2) is 19.1 Å². The van der Waals surface area contributed by atoms with Crippen molar-refractivity contribution in [2.75, 3.05) is 12.4 Å². The van der Waals surface area contributed by atoms with Gasteiger partial charge in [0.2, 0.25) is 0 Å². The second kappa shape index (κ2) is 5.42. The Kier molecular flexibility index (Phi) is 3.90. The molecule has 0 spiro atoms. The number of ether oxygens (including phenoxy) is 1. The molecule has 1 N–H and O–H groups in total. The van der Waals surface area contributed by atoms with E-state index in [0.29, 0.717) is 11.8 Å². The summed E-state index contributed by atoms with van der Waals surface area (Å²) in [5, 5.41) is 3.37. The molecule has 1 fully saturated rings. The summed E-state index contributed by atoms with van der Waals surface area (Å²) < 4.78 is 4.88. The lowest BCUT2D eigenvalue weighted by Gasteiger charge is -2.20. The van der Waals surface area contributed by atoms with Crippen molar-refractivity contribution in [3.63, 3.8) is 0 Å². The molecule has 1 aliphatic carbocycles. The third kappa shape index (κ3) is 2.84. The molecule has 0 aromatic heterocycles. The number of hydrogen-bond donors (Lipinski definition) is 1. The summed E-state index contributed by atoms with van der Waals surface area (Å²) in [6, 6.07) is 7.97. The molecule has 1 unspecified atom stereocenters. The number of benzene rings is 1. The van der Waals surface area contributed by atoms with Crippen molar-refractivity contribution in [3.05, 3.63) is 29.8 Å². The molecular weight excluding hydrogens is 226 g/mol. The minimum Gasteiger partial charge on any atom is -0.467 e. The molecule has 1 saturated carbocycles. The van der Waals surface area contributed by atoms with E-state index in [-0.39, 0.29) is 12.0 Å². The normalized spacial score (nSPS) is 16.4. The molecule has 0 radical (unpaired) electrons. The minimum atomic E-state index is -0.199. The van der Waals surface area contributed by atoms with E-state index in [0.717, 1.165) is 18.5 Å². The highest BCUT2D eigenvalue weighted by Gasteiger charge is 2.37. The van der Waals surface area contributed by atoms with Gasteiger partial charge in [0.05, 0.1) is 7.11 Å². The molecule has 0 saturated heterocycles. The molecule has 0 aliphatic heterocycles. The topological polar surface area (TPSA) is 38.3 Å². The number of rotatable bonds is 5. The van der Waals surface area contributed by atoms with E-state index >= 15 is 0 Å². The fraction of sp³-hybridized carbons (Fsp3) is 0.533. The first-order valence-electron chi connectivity index (χ1n) is 6.56. The lowest BCUT2D eigenvalue weighted by molar-refractivity contribution is -0.142. The Bertz CT molecular complexity index is 424. The summed E-state index contributed by atoms with van der Waals surface area (Å²) in [5.74, 6) is 0.708. The van der Waals surface area contributed by atoms with Gasteiger partial charge in [-0.05, 0) is 36.3 Å². The van der Waals surface area contributed by atoms with Gasteiger partial charge in [-0.25, -0.2) is 4.79 Å². The highest BCUT2D eigenvalue weighted by molar-refractivity contribution is 5.80. The maximum atomic E-state index is 11.8. The predicted octanol–water partition coefficient (Wildman–Crippen LogP) is 3.17. The van der Waals surface area contributed by atoms with Gasteiger partial charge in [0.15, 0.2) is 0 Å². The second-order valence-electron chi connectivity index (χ2n) is 5.22. The Hall–Kier alpha value is -1.51. The molecular formula is C15H21NO2. The number of carbonyl (C=O) groups excluding carboxylic acids is 1. The SMILES string of the molecule is COC(=O)C(Nc1ccccc1C(C)C)C1CC1. The first-order chi connectivity index (χ1) is 8.63. The van der Waals surface area contributed by atoms with Crippen molar-refractivity contribution in [1.29, 1.82) is 0 Å². The van der Waals surface area contributed by atoms with Gasteiger partial charge in [0.1, 0.15) is 6.04 Å². The molecule has 3 heteroatoms. The maximum absolute atomic E-state index is 11.8. The van der Waals surface area contributed by atoms with Gasteiger partial charge in [-0.3, -0.25) is 0 Å². The van der Waals surface area contributed by atoms with Gasteiger partial charge >= 0.3 is 5.97 Å². The lowest BCUT2D eigenvalue weighted by atomic mass is 10.0. The summed E-state index contributed by atoms with van der Waals surface area (Å²) >= 11 is 0. The Labute approximate surface area is 109 Å². The van der Waals surface area contributed by atoms with Crippen LogP contribution in [0.5, 0.6) is 0 Å². The van der Waals surface area contributed by atoms with Crippen LogP contribution in [0.1, 0.15) is 38.2 Å².